The second-order valence-electron chi connectivity index (χ2n) is 3.73. The lowest BCUT2D eigenvalue weighted by Crippen LogP contribution is -2.36. The van der Waals surface area contributed by atoms with Crippen molar-refractivity contribution >= 4 is 27.6 Å². The summed E-state index contributed by atoms with van der Waals surface area (Å²) >= 11 is 5.87. The van der Waals surface area contributed by atoms with E-state index in [2.05, 4.69) is 5.92 Å². The molecule has 102 valence electrons. The molecule has 0 aliphatic rings. The topological polar surface area (TPSA) is 74.7 Å². The van der Waals surface area contributed by atoms with Gasteiger partial charge in [0.25, 0.3) is 0 Å². The van der Waals surface area contributed by atoms with Crippen LogP contribution < -0.4 is 0 Å². The molecule has 0 spiro atoms. The molecule has 0 saturated carbocycles. The highest BCUT2D eigenvalue weighted by Crippen LogP contribution is 2.25. The first-order chi connectivity index (χ1) is 8.80. The van der Waals surface area contributed by atoms with E-state index in [1.54, 1.807) is 13.0 Å². The fourth-order valence-corrected chi connectivity index (χ4v) is 3.27. The average molecular weight is 302 g/mol. The molecule has 1 aromatic rings. The van der Waals surface area contributed by atoms with Crippen LogP contribution in [0.15, 0.2) is 23.1 Å². The van der Waals surface area contributed by atoms with Crippen molar-refractivity contribution in [1.29, 1.82) is 0 Å². The molecule has 0 amide bonds. The van der Waals surface area contributed by atoms with Crippen molar-refractivity contribution in [1.82, 2.24) is 4.31 Å². The van der Waals surface area contributed by atoms with E-state index in [1.165, 1.54) is 12.1 Å². The summed E-state index contributed by atoms with van der Waals surface area (Å²) < 4.78 is 25.4. The van der Waals surface area contributed by atoms with Crippen LogP contribution in [0, 0.1) is 19.3 Å². The number of benzene rings is 1. The summed E-state index contributed by atoms with van der Waals surface area (Å²) in [6.45, 7) is 0.531. The molecule has 0 fully saturated rings. The Labute approximate surface area is 116 Å². The number of hydrogen-bond acceptors (Lipinski definition) is 3. The predicted octanol–water partition coefficient (Wildman–Crippen LogP) is 1.36. The van der Waals surface area contributed by atoms with E-state index < -0.39 is 22.5 Å². The predicted molar refractivity (Wildman–Crippen MR) is 71.4 cm³/mol. The monoisotopic (exact) mass is 301 g/mol. The number of terminal acetylenes is 1. The third-order valence-corrected chi connectivity index (χ3v) is 4.76. The maximum absolute atomic E-state index is 12.3. The van der Waals surface area contributed by atoms with Crippen molar-refractivity contribution in [2.45, 2.75) is 11.8 Å². The van der Waals surface area contributed by atoms with E-state index >= 15 is 0 Å². The van der Waals surface area contributed by atoms with E-state index in [9.17, 15) is 13.2 Å². The van der Waals surface area contributed by atoms with Crippen LogP contribution in [0.1, 0.15) is 5.56 Å². The Morgan fingerprint density at radius 2 is 2.16 bits per heavy atom. The zero-order chi connectivity index (χ0) is 14.6. The molecule has 0 atom stereocenters. The number of halogens is 1. The third-order valence-electron chi connectivity index (χ3n) is 2.42. The molecular weight excluding hydrogens is 290 g/mol. The van der Waals surface area contributed by atoms with E-state index in [0.717, 1.165) is 0 Å². The van der Waals surface area contributed by atoms with Crippen LogP contribution in [0.3, 0.4) is 0 Å². The highest BCUT2D eigenvalue weighted by Gasteiger charge is 2.27. The van der Waals surface area contributed by atoms with Gasteiger partial charge in [-0.2, -0.15) is 4.31 Å². The van der Waals surface area contributed by atoms with Gasteiger partial charge in [0, 0.05) is 5.02 Å². The largest absolute Gasteiger partial charge is 0.480 e. The summed E-state index contributed by atoms with van der Waals surface area (Å²) in [6, 6.07) is 4.40. The van der Waals surface area contributed by atoms with E-state index in [4.69, 9.17) is 23.1 Å². The van der Waals surface area contributed by atoms with Crippen molar-refractivity contribution in [3.05, 3.63) is 28.8 Å². The van der Waals surface area contributed by atoms with Gasteiger partial charge in [-0.05, 0) is 24.6 Å². The Bertz CT molecular complexity index is 634. The van der Waals surface area contributed by atoms with Gasteiger partial charge in [0.1, 0.15) is 6.54 Å². The molecule has 19 heavy (non-hydrogen) atoms. The van der Waals surface area contributed by atoms with Gasteiger partial charge >= 0.3 is 5.97 Å². The molecule has 5 nitrogen and oxygen atoms in total. The molecule has 0 saturated heterocycles. The molecule has 1 N–H and O–H groups in total. The minimum Gasteiger partial charge on any atom is -0.480 e. The highest BCUT2D eigenvalue weighted by molar-refractivity contribution is 7.89. The first kappa shape index (κ1) is 15.5. The number of carboxylic acid groups (broad SMARTS) is 1. The van der Waals surface area contributed by atoms with Crippen molar-refractivity contribution in [3.63, 3.8) is 0 Å². The second-order valence-corrected chi connectivity index (χ2v) is 6.05. The molecule has 0 heterocycles. The fourth-order valence-electron chi connectivity index (χ4n) is 1.48. The summed E-state index contributed by atoms with van der Waals surface area (Å²) in [5.41, 5.74) is 0.358. The molecule has 0 unspecified atom stereocenters. The molecule has 1 aromatic carbocycles. The Morgan fingerprint density at radius 3 is 2.68 bits per heavy atom. The van der Waals surface area contributed by atoms with Crippen LogP contribution in [0.5, 0.6) is 0 Å². The quantitative estimate of drug-likeness (QED) is 0.833. The Hall–Kier alpha value is -1.55. The lowest BCUT2D eigenvalue weighted by molar-refractivity contribution is -0.137. The van der Waals surface area contributed by atoms with Crippen molar-refractivity contribution < 1.29 is 18.3 Å². The van der Waals surface area contributed by atoms with Gasteiger partial charge in [-0.25, -0.2) is 8.42 Å². The third kappa shape index (κ3) is 3.47. The van der Waals surface area contributed by atoms with Crippen LogP contribution in [-0.2, 0) is 14.8 Å². The van der Waals surface area contributed by atoms with Gasteiger partial charge < -0.3 is 5.11 Å². The van der Waals surface area contributed by atoms with Crippen LogP contribution in [0.4, 0.5) is 0 Å². The summed E-state index contributed by atoms with van der Waals surface area (Å²) in [5, 5.41) is 9.03. The summed E-state index contributed by atoms with van der Waals surface area (Å²) in [6.07, 6.45) is 5.07. The first-order valence-electron chi connectivity index (χ1n) is 5.21. The van der Waals surface area contributed by atoms with Gasteiger partial charge in [0.15, 0.2) is 0 Å². The average Bonchev–Trinajstić information content (AvgIpc) is 2.31. The van der Waals surface area contributed by atoms with Gasteiger partial charge in [0.2, 0.25) is 10.0 Å². The Kier molecular flexibility index (Phi) is 4.95. The number of carboxylic acids is 1. The van der Waals surface area contributed by atoms with Crippen LogP contribution >= 0.6 is 11.6 Å². The zero-order valence-corrected chi connectivity index (χ0v) is 11.7. The zero-order valence-electron chi connectivity index (χ0n) is 10.1. The van der Waals surface area contributed by atoms with Gasteiger partial charge in [-0.15, -0.1) is 6.42 Å². The maximum Gasteiger partial charge on any atom is 0.318 e. The molecule has 0 aliphatic carbocycles. The molecule has 0 radical (unpaired) electrons. The SMILES string of the molecule is C#CCN(CC(=O)O)S(=O)(=O)c1cccc(Cl)c1C. The van der Waals surface area contributed by atoms with Crippen molar-refractivity contribution in [2.75, 3.05) is 13.1 Å². The van der Waals surface area contributed by atoms with Gasteiger partial charge in [-0.1, -0.05) is 23.6 Å². The number of nitrogens with zero attached hydrogens (tertiary/aromatic N) is 1. The molecule has 0 bridgehead atoms. The van der Waals surface area contributed by atoms with E-state index in [0.29, 0.717) is 9.87 Å². The van der Waals surface area contributed by atoms with Crippen molar-refractivity contribution in [3.8, 4) is 12.3 Å². The molecule has 0 aliphatic heterocycles. The molecule has 1 rings (SSSR count). The Balaban J connectivity index is 3.31. The van der Waals surface area contributed by atoms with Gasteiger partial charge in [-0.3, -0.25) is 4.79 Å². The van der Waals surface area contributed by atoms with Crippen LogP contribution in [-0.4, -0.2) is 36.9 Å². The van der Waals surface area contributed by atoms with E-state index in [-0.39, 0.29) is 16.5 Å². The summed E-state index contributed by atoms with van der Waals surface area (Å²) in [5.74, 6) is 0.854. The molecule has 7 heteroatoms. The van der Waals surface area contributed by atoms with E-state index in [1.807, 2.05) is 0 Å². The number of hydrogen-bond donors (Lipinski definition) is 1. The van der Waals surface area contributed by atoms with Gasteiger partial charge in [0.05, 0.1) is 11.4 Å². The minimum absolute atomic E-state index is 0.0449. The summed E-state index contributed by atoms with van der Waals surface area (Å²) in [7, 11) is -3.99. The normalized spacial score (nSPS) is 11.3. The summed E-state index contributed by atoms with van der Waals surface area (Å²) in [4.78, 5) is 10.7. The fraction of sp³-hybridized carbons (Fsp3) is 0.250. The highest BCUT2D eigenvalue weighted by atomic mass is 35.5. The minimum atomic E-state index is -3.99. The number of carbonyl (C=O) groups is 1. The van der Waals surface area contributed by atoms with Crippen molar-refractivity contribution in [2.24, 2.45) is 0 Å². The smallest absolute Gasteiger partial charge is 0.318 e. The lowest BCUT2D eigenvalue weighted by Gasteiger charge is -2.19. The molecular formula is C12H12ClNO4S. The maximum atomic E-state index is 12.3. The Morgan fingerprint density at radius 1 is 1.53 bits per heavy atom. The first-order valence-corrected chi connectivity index (χ1v) is 7.03. The van der Waals surface area contributed by atoms with Crippen LogP contribution in [0.2, 0.25) is 5.02 Å². The molecule has 0 aromatic heterocycles. The lowest BCUT2D eigenvalue weighted by atomic mass is 10.2. The van der Waals surface area contributed by atoms with Crippen LogP contribution in [0.25, 0.3) is 0 Å². The number of aliphatic carboxylic acids is 1. The number of sulfonamides is 1. The second kappa shape index (κ2) is 6.06. The standard InChI is InChI=1S/C12H12ClNO4S/c1-3-7-14(8-12(15)16)19(17,18)11-6-4-5-10(13)9(11)2/h1,4-6H,7-8H2,2H3,(H,15,16). The number of rotatable bonds is 5.